The number of unbranched alkanes of at least 4 members (excludes halogenated alkanes) is 1. The number of carboxylic acids is 1. The Morgan fingerprint density at radius 3 is 2.29 bits per heavy atom. The van der Waals surface area contributed by atoms with E-state index in [0.29, 0.717) is 25.7 Å². The first kappa shape index (κ1) is 23.8. The van der Waals surface area contributed by atoms with Crippen molar-refractivity contribution in [3.05, 3.63) is 59.7 Å². The summed E-state index contributed by atoms with van der Waals surface area (Å²) in [5, 5.41) is 14.9. The second-order valence-corrected chi connectivity index (χ2v) is 9.22. The van der Waals surface area contributed by atoms with Gasteiger partial charge in [0.1, 0.15) is 12.6 Å². The molecule has 0 saturated heterocycles. The number of nitrogens with one attached hydrogen (secondary N) is 2. The van der Waals surface area contributed by atoms with E-state index in [-0.39, 0.29) is 30.4 Å². The SMILES string of the molecule is CCCC[C@H](NC(=O)[C@@H]1CC[C@H](NC(=O)OCC2c3ccccc3-c3ccccc32)C1)C(=O)O. The van der Waals surface area contributed by atoms with E-state index < -0.39 is 18.1 Å². The van der Waals surface area contributed by atoms with Gasteiger partial charge in [-0.3, -0.25) is 4.79 Å². The molecule has 2 aromatic rings. The van der Waals surface area contributed by atoms with E-state index in [1.54, 1.807) is 0 Å². The molecule has 7 heteroatoms. The van der Waals surface area contributed by atoms with Crippen molar-refractivity contribution in [3.63, 3.8) is 0 Å². The maximum absolute atomic E-state index is 12.6. The molecule has 0 unspecified atom stereocenters. The molecule has 4 rings (SSSR count). The summed E-state index contributed by atoms with van der Waals surface area (Å²) in [6.07, 6.45) is 3.31. The van der Waals surface area contributed by atoms with Crippen molar-refractivity contribution >= 4 is 18.0 Å². The third-order valence-electron chi connectivity index (χ3n) is 6.93. The standard InChI is InChI=1S/C27H32N2O5/c1-2-3-12-24(26(31)32)29-25(30)17-13-14-18(15-17)28-27(33)34-16-23-21-10-6-4-8-19(21)20-9-5-7-11-22(20)23/h4-11,17-18,23-24H,2-3,12-16H2,1H3,(H,28,33)(H,29,30)(H,31,32)/t17-,18+,24+/m1/s1. The summed E-state index contributed by atoms with van der Waals surface area (Å²) in [6.45, 7) is 2.23. The molecule has 3 N–H and O–H groups in total. The van der Waals surface area contributed by atoms with Crippen LogP contribution in [0.1, 0.15) is 62.5 Å². The van der Waals surface area contributed by atoms with E-state index in [0.717, 1.165) is 24.0 Å². The van der Waals surface area contributed by atoms with Crippen molar-refractivity contribution in [1.82, 2.24) is 10.6 Å². The minimum absolute atomic E-state index is 0.00340. The highest BCUT2D eigenvalue weighted by Crippen LogP contribution is 2.44. The quantitative estimate of drug-likeness (QED) is 0.508. The molecule has 0 bridgehead atoms. The Morgan fingerprint density at radius 1 is 1.03 bits per heavy atom. The highest BCUT2D eigenvalue weighted by Gasteiger charge is 2.34. The number of fused-ring (bicyclic) bond motifs is 3. The highest BCUT2D eigenvalue weighted by molar-refractivity contribution is 5.85. The average Bonchev–Trinajstić information content (AvgIpc) is 3.43. The molecule has 1 saturated carbocycles. The zero-order valence-electron chi connectivity index (χ0n) is 19.5. The number of carbonyl (C=O) groups is 3. The van der Waals surface area contributed by atoms with Crippen molar-refractivity contribution in [2.75, 3.05) is 6.61 Å². The Kier molecular flexibility index (Phi) is 7.50. The molecule has 1 fully saturated rings. The molecule has 0 aromatic heterocycles. The van der Waals surface area contributed by atoms with Gasteiger partial charge in [0, 0.05) is 17.9 Å². The van der Waals surface area contributed by atoms with Gasteiger partial charge in [-0.25, -0.2) is 9.59 Å². The summed E-state index contributed by atoms with van der Waals surface area (Å²) in [6, 6.07) is 15.3. The predicted octanol–water partition coefficient (Wildman–Crippen LogP) is 4.45. The van der Waals surface area contributed by atoms with Gasteiger partial charge in [0.15, 0.2) is 0 Å². The first-order valence-corrected chi connectivity index (χ1v) is 12.1. The molecular formula is C27H32N2O5. The summed E-state index contributed by atoms with van der Waals surface area (Å²) >= 11 is 0. The fourth-order valence-corrected chi connectivity index (χ4v) is 5.11. The Balaban J connectivity index is 1.28. The largest absolute Gasteiger partial charge is 0.480 e. The van der Waals surface area contributed by atoms with Crippen LogP contribution in [0.4, 0.5) is 4.79 Å². The van der Waals surface area contributed by atoms with Crippen LogP contribution in [0.15, 0.2) is 48.5 Å². The van der Waals surface area contributed by atoms with Crippen LogP contribution >= 0.6 is 0 Å². The van der Waals surface area contributed by atoms with Gasteiger partial charge in [0.05, 0.1) is 0 Å². The van der Waals surface area contributed by atoms with Crippen molar-refractivity contribution in [1.29, 1.82) is 0 Å². The molecule has 180 valence electrons. The fraction of sp³-hybridized carbons (Fsp3) is 0.444. The van der Waals surface area contributed by atoms with Crippen molar-refractivity contribution < 1.29 is 24.2 Å². The number of hydrogen-bond donors (Lipinski definition) is 3. The number of carbonyl (C=O) groups excluding carboxylic acids is 2. The summed E-state index contributed by atoms with van der Waals surface area (Å²) < 4.78 is 5.61. The van der Waals surface area contributed by atoms with Gasteiger partial charge in [-0.2, -0.15) is 0 Å². The topological polar surface area (TPSA) is 105 Å². The number of carboxylic acid groups (broad SMARTS) is 1. The number of ether oxygens (including phenoxy) is 1. The molecule has 3 atom stereocenters. The third-order valence-corrected chi connectivity index (χ3v) is 6.93. The molecular weight excluding hydrogens is 432 g/mol. The van der Waals surface area contributed by atoms with Gasteiger partial charge in [0.25, 0.3) is 0 Å². The van der Waals surface area contributed by atoms with Crippen LogP contribution in [0.3, 0.4) is 0 Å². The molecule has 34 heavy (non-hydrogen) atoms. The fourth-order valence-electron chi connectivity index (χ4n) is 5.11. The molecule has 0 aliphatic heterocycles. The minimum Gasteiger partial charge on any atom is -0.480 e. The van der Waals surface area contributed by atoms with E-state index in [4.69, 9.17) is 4.74 Å². The summed E-state index contributed by atoms with van der Waals surface area (Å²) in [7, 11) is 0. The van der Waals surface area contributed by atoms with Gasteiger partial charge in [-0.05, 0) is 47.9 Å². The zero-order valence-corrected chi connectivity index (χ0v) is 19.5. The molecule has 0 heterocycles. The van der Waals surface area contributed by atoms with Crippen molar-refractivity contribution in [2.24, 2.45) is 5.92 Å². The van der Waals surface area contributed by atoms with Gasteiger partial charge in [-0.1, -0.05) is 68.3 Å². The molecule has 2 aliphatic carbocycles. The predicted molar refractivity (Wildman–Crippen MR) is 128 cm³/mol. The highest BCUT2D eigenvalue weighted by atomic mass is 16.5. The lowest BCUT2D eigenvalue weighted by Crippen LogP contribution is -2.43. The van der Waals surface area contributed by atoms with E-state index in [2.05, 4.69) is 34.9 Å². The number of rotatable bonds is 9. The average molecular weight is 465 g/mol. The maximum atomic E-state index is 12.6. The van der Waals surface area contributed by atoms with Crippen LogP contribution in [0, 0.1) is 5.92 Å². The van der Waals surface area contributed by atoms with Crippen molar-refractivity contribution in [3.8, 4) is 11.1 Å². The van der Waals surface area contributed by atoms with Crippen LogP contribution in [-0.4, -0.2) is 41.8 Å². The lowest BCUT2D eigenvalue weighted by Gasteiger charge is -2.18. The van der Waals surface area contributed by atoms with E-state index in [1.165, 1.54) is 11.1 Å². The van der Waals surface area contributed by atoms with Crippen LogP contribution in [0.2, 0.25) is 0 Å². The van der Waals surface area contributed by atoms with Crippen LogP contribution < -0.4 is 10.6 Å². The third kappa shape index (κ3) is 5.24. The molecule has 2 aliphatic rings. The van der Waals surface area contributed by atoms with Crippen molar-refractivity contribution in [2.45, 2.75) is 63.5 Å². The van der Waals surface area contributed by atoms with Gasteiger partial charge >= 0.3 is 12.1 Å². The molecule has 7 nitrogen and oxygen atoms in total. The number of benzene rings is 2. The summed E-state index contributed by atoms with van der Waals surface area (Å²) in [5.41, 5.74) is 4.67. The number of hydrogen-bond acceptors (Lipinski definition) is 4. The normalized spacial score (nSPS) is 19.7. The Labute approximate surface area is 199 Å². The molecule has 0 spiro atoms. The van der Waals surface area contributed by atoms with Gasteiger partial charge in [0.2, 0.25) is 5.91 Å². The monoisotopic (exact) mass is 464 g/mol. The zero-order chi connectivity index (χ0) is 24.1. The van der Waals surface area contributed by atoms with E-state index in [1.807, 2.05) is 31.2 Å². The second kappa shape index (κ2) is 10.7. The van der Waals surface area contributed by atoms with Gasteiger partial charge < -0.3 is 20.5 Å². The lowest BCUT2D eigenvalue weighted by molar-refractivity contribution is -0.142. The summed E-state index contributed by atoms with van der Waals surface area (Å²) in [5.74, 6) is -1.56. The van der Waals surface area contributed by atoms with Gasteiger partial charge in [-0.15, -0.1) is 0 Å². The van der Waals surface area contributed by atoms with Crippen LogP contribution in [0.5, 0.6) is 0 Å². The number of aliphatic carboxylic acids is 1. The number of amides is 2. The van der Waals surface area contributed by atoms with Crippen LogP contribution in [-0.2, 0) is 14.3 Å². The minimum atomic E-state index is -1.01. The smallest absolute Gasteiger partial charge is 0.407 e. The Bertz CT molecular complexity index is 1010. The summed E-state index contributed by atoms with van der Waals surface area (Å²) in [4.78, 5) is 36.5. The Hall–Kier alpha value is -3.35. The first-order valence-electron chi connectivity index (χ1n) is 12.1. The first-order chi connectivity index (χ1) is 16.5. The van der Waals surface area contributed by atoms with Crippen LogP contribution in [0.25, 0.3) is 11.1 Å². The molecule has 2 amide bonds. The van der Waals surface area contributed by atoms with E-state index in [9.17, 15) is 19.5 Å². The molecule has 0 radical (unpaired) electrons. The molecule has 2 aromatic carbocycles. The number of alkyl carbamates (subject to hydrolysis) is 1. The van der Waals surface area contributed by atoms with E-state index >= 15 is 0 Å². The Morgan fingerprint density at radius 2 is 1.68 bits per heavy atom. The second-order valence-electron chi connectivity index (χ2n) is 9.22. The lowest BCUT2D eigenvalue weighted by atomic mass is 9.98. The maximum Gasteiger partial charge on any atom is 0.407 e.